The number of para-hydroxylation sites is 2. The Kier molecular flexibility index (Phi) is 3.98. The molecule has 0 radical (unpaired) electrons. The van der Waals surface area contributed by atoms with Gasteiger partial charge in [0.2, 0.25) is 0 Å². The average Bonchev–Trinajstić information content (AvgIpc) is 3.24. The van der Waals surface area contributed by atoms with E-state index in [-0.39, 0.29) is 11.7 Å². The second kappa shape index (κ2) is 6.28. The smallest absolute Gasteiger partial charge is 0.348 e. The molecule has 0 saturated heterocycles. The third-order valence-corrected chi connectivity index (χ3v) is 5.61. The Morgan fingerprint density at radius 2 is 2.17 bits per heavy atom. The van der Waals surface area contributed by atoms with Crippen LogP contribution in [0, 0.1) is 0 Å². The third-order valence-electron chi connectivity index (χ3n) is 4.39. The number of benzene rings is 1. The van der Waals surface area contributed by atoms with Crippen molar-refractivity contribution in [1.29, 1.82) is 0 Å². The highest BCUT2D eigenvalue weighted by Gasteiger charge is 2.19. The zero-order chi connectivity index (χ0) is 16.5. The van der Waals surface area contributed by atoms with Crippen LogP contribution in [0.3, 0.4) is 0 Å². The lowest BCUT2D eigenvalue weighted by Gasteiger charge is -2.05. The van der Waals surface area contributed by atoms with Crippen LogP contribution in [-0.2, 0) is 24.1 Å². The van der Waals surface area contributed by atoms with Gasteiger partial charge in [0.1, 0.15) is 4.88 Å². The van der Waals surface area contributed by atoms with E-state index in [0.29, 0.717) is 24.4 Å². The number of aromatic amines is 1. The van der Waals surface area contributed by atoms with E-state index in [2.05, 4.69) is 4.98 Å². The lowest BCUT2D eigenvalue weighted by Crippen LogP contribution is -2.18. The zero-order valence-electron chi connectivity index (χ0n) is 13.2. The molecule has 2 aromatic heterocycles. The topological polar surface area (TPSA) is 64.1 Å². The summed E-state index contributed by atoms with van der Waals surface area (Å²) >= 11 is 1.56. The Bertz CT molecular complexity index is 929. The summed E-state index contributed by atoms with van der Waals surface area (Å²) < 4.78 is 7.04. The number of hydrogen-bond acceptors (Lipinski definition) is 4. The number of carbonyl (C=O) groups is 1. The van der Waals surface area contributed by atoms with Crippen LogP contribution in [0.25, 0.3) is 11.0 Å². The predicted molar refractivity (Wildman–Crippen MR) is 93.8 cm³/mol. The van der Waals surface area contributed by atoms with Crippen molar-refractivity contribution in [3.63, 3.8) is 0 Å². The highest BCUT2D eigenvalue weighted by molar-refractivity contribution is 7.14. The Labute approximate surface area is 142 Å². The van der Waals surface area contributed by atoms with Crippen LogP contribution < -0.4 is 5.69 Å². The molecule has 2 heterocycles. The number of aryl methyl sites for hydroxylation is 3. The van der Waals surface area contributed by atoms with Crippen molar-refractivity contribution in [2.45, 2.75) is 32.2 Å². The van der Waals surface area contributed by atoms with Gasteiger partial charge in [-0.1, -0.05) is 12.1 Å². The second-order valence-corrected chi connectivity index (χ2v) is 7.14. The van der Waals surface area contributed by atoms with E-state index in [1.54, 1.807) is 15.9 Å². The highest BCUT2D eigenvalue weighted by Crippen LogP contribution is 2.30. The molecule has 0 bridgehead atoms. The molecule has 1 aliphatic carbocycles. The van der Waals surface area contributed by atoms with Crippen LogP contribution in [0.5, 0.6) is 0 Å². The first kappa shape index (κ1) is 15.2. The van der Waals surface area contributed by atoms with Gasteiger partial charge in [0.25, 0.3) is 0 Å². The molecule has 0 fully saturated rings. The van der Waals surface area contributed by atoms with Gasteiger partial charge >= 0.3 is 11.7 Å². The number of rotatable bonds is 5. The minimum Gasteiger partial charge on any atom is -0.461 e. The van der Waals surface area contributed by atoms with Gasteiger partial charge in [-0.05, 0) is 49.4 Å². The van der Waals surface area contributed by atoms with Gasteiger partial charge in [0.05, 0.1) is 17.6 Å². The van der Waals surface area contributed by atoms with Crippen LogP contribution >= 0.6 is 11.3 Å². The first-order valence-electron chi connectivity index (χ1n) is 8.18. The standard InChI is InChI=1S/C18H18N2O3S/c21-17(16-11-12-5-3-8-15(12)24-16)23-10-4-9-20-14-7-2-1-6-13(14)19-18(20)22/h1-2,6-7,11H,3-5,8-10H2,(H,19,22). The number of imidazole rings is 1. The highest BCUT2D eigenvalue weighted by atomic mass is 32.1. The summed E-state index contributed by atoms with van der Waals surface area (Å²) in [5.74, 6) is -0.249. The summed E-state index contributed by atoms with van der Waals surface area (Å²) in [7, 11) is 0. The van der Waals surface area contributed by atoms with E-state index in [4.69, 9.17) is 4.74 Å². The van der Waals surface area contributed by atoms with E-state index in [0.717, 1.165) is 23.9 Å². The Balaban J connectivity index is 1.34. The van der Waals surface area contributed by atoms with E-state index >= 15 is 0 Å². The maximum Gasteiger partial charge on any atom is 0.348 e. The van der Waals surface area contributed by atoms with Crippen LogP contribution in [-0.4, -0.2) is 22.1 Å². The Hall–Kier alpha value is -2.34. The second-order valence-electron chi connectivity index (χ2n) is 6.00. The lowest BCUT2D eigenvalue weighted by molar-refractivity contribution is 0.0502. The maximum atomic E-state index is 12.1. The van der Waals surface area contributed by atoms with Gasteiger partial charge in [-0.25, -0.2) is 9.59 Å². The summed E-state index contributed by atoms with van der Waals surface area (Å²) in [4.78, 5) is 28.9. The lowest BCUT2D eigenvalue weighted by atomic mass is 10.2. The number of aromatic nitrogens is 2. The number of nitrogens with zero attached hydrogens (tertiary/aromatic N) is 1. The molecule has 1 aliphatic rings. The number of H-pyrrole nitrogens is 1. The van der Waals surface area contributed by atoms with Gasteiger partial charge in [-0.15, -0.1) is 11.3 Å². The van der Waals surface area contributed by atoms with Crippen LogP contribution in [0.15, 0.2) is 35.1 Å². The molecule has 1 N–H and O–H groups in total. The molecule has 1 aromatic carbocycles. The number of fused-ring (bicyclic) bond motifs is 2. The molecule has 5 nitrogen and oxygen atoms in total. The van der Waals surface area contributed by atoms with Gasteiger partial charge in [-0.3, -0.25) is 4.57 Å². The van der Waals surface area contributed by atoms with Crippen molar-refractivity contribution < 1.29 is 9.53 Å². The first-order valence-corrected chi connectivity index (χ1v) is 9.00. The third kappa shape index (κ3) is 2.78. The van der Waals surface area contributed by atoms with E-state index in [1.807, 2.05) is 30.3 Å². The van der Waals surface area contributed by atoms with E-state index in [9.17, 15) is 9.59 Å². The Morgan fingerprint density at radius 3 is 3.04 bits per heavy atom. The quantitative estimate of drug-likeness (QED) is 0.572. The molecular formula is C18H18N2O3S. The summed E-state index contributed by atoms with van der Waals surface area (Å²) in [5, 5.41) is 0. The molecule has 4 rings (SSSR count). The zero-order valence-corrected chi connectivity index (χ0v) is 14.0. The van der Waals surface area contributed by atoms with Crippen LogP contribution in [0.1, 0.15) is 33.0 Å². The fourth-order valence-corrected chi connectivity index (χ4v) is 4.36. The summed E-state index contributed by atoms with van der Waals surface area (Å²) in [6.07, 6.45) is 3.95. The van der Waals surface area contributed by atoms with E-state index in [1.165, 1.54) is 16.9 Å². The molecule has 3 aromatic rings. The number of carbonyl (C=O) groups excluding carboxylic acids is 1. The SMILES string of the molecule is O=C(OCCCn1c(=O)[nH]c2ccccc21)c1cc2c(s1)CCC2. The summed E-state index contributed by atoms with van der Waals surface area (Å²) in [6, 6.07) is 9.56. The van der Waals surface area contributed by atoms with Crippen LogP contribution in [0.2, 0.25) is 0 Å². The summed E-state index contributed by atoms with van der Waals surface area (Å²) in [5.41, 5.74) is 2.88. The normalized spacial score (nSPS) is 13.3. The largest absolute Gasteiger partial charge is 0.461 e. The minimum absolute atomic E-state index is 0.128. The van der Waals surface area contributed by atoms with Crippen molar-refractivity contribution in [2.75, 3.05) is 6.61 Å². The molecule has 24 heavy (non-hydrogen) atoms. The molecule has 0 saturated carbocycles. The maximum absolute atomic E-state index is 12.1. The monoisotopic (exact) mass is 342 g/mol. The van der Waals surface area contributed by atoms with E-state index < -0.39 is 0 Å². The fourth-order valence-electron chi connectivity index (χ4n) is 3.22. The molecular weight excluding hydrogens is 324 g/mol. The van der Waals surface area contributed by atoms with Gasteiger partial charge in [0.15, 0.2) is 0 Å². The number of nitrogens with one attached hydrogen (secondary N) is 1. The Morgan fingerprint density at radius 1 is 1.29 bits per heavy atom. The van der Waals surface area contributed by atoms with Gasteiger partial charge < -0.3 is 9.72 Å². The van der Waals surface area contributed by atoms with Crippen molar-refractivity contribution in [3.8, 4) is 0 Å². The molecule has 124 valence electrons. The fraction of sp³-hybridized carbons (Fsp3) is 0.333. The molecule has 6 heteroatoms. The molecule has 0 amide bonds. The average molecular weight is 342 g/mol. The number of hydrogen-bond donors (Lipinski definition) is 1. The predicted octanol–water partition coefficient (Wildman–Crippen LogP) is 3.13. The minimum atomic E-state index is -0.249. The molecule has 0 unspecified atom stereocenters. The molecule has 0 spiro atoms. The van der Waals surface area contributed by atoms with Crippen LogP contribution in [0.4, 0.5) is 0 Å². The van der Waals surface area contributed by atoms with Crippen molar-refractivity contribution >= 4 is 28.3 Å². The van der Waals surface area contributed by atoms with Crippen molar-refractivity contribution in [1.82, 2.24) is 9.55 Å². The molecule has 0 atom stereocenters. The molecule has 0 aliphatic heterocycles. The van der Waals surface area contributed by atoms with Gasteiger partial charge in [-0.2, -0.15) is 0 Å². The number of thiophene rings is 1. The first-order chi connectivity index (χ1) is 11.7. The van der Waals surface area contributed by atoms with Gasteiger partial charge in [0, 0.05) is 11.4 Å². The van der Waals surface area contributed by atoms with Crippen molar-refractivity contribution in [2.24, 2.45) is 0 Å². The number of esters is 1. The summed E-state index contributed by atoms with van der Waals surface area (Å²) in [6.45, 7) is 0.838. The van der Waals surface area contributed by atoms with Crippen molar-refractivity contribution in [3.05, 3.63) is 56.1 Å². The number of ether oxygens (including phenoxy) is 1.